The normalized spacial score (nSPS) is 16.9. The summed E-state index contributed by atoms with van der Waals surface area (Å²) in [7, 11) is 0. The van der Waals surface area contributed by atoms with Crippen molar-refractivity contribution in [1.29, 1.82) is 0 Å². The lowest BCUT2D eigenvalue weighted by Crippen LogP contribution is -2.45. The van der Waals surface area contributed by atoms with Crippen LogP contribution >= 0.6 is 0 Å². The molecule has 1 aromatic carbocycles. The summed E-state index contributed by atoms with van der Waals surface area (Å²) in [5, 5.41) is 6.32. The van der Waals surface area contributed by atoms with Gasteiger partial charge in [-0.3, -0.25) is 18.7 Å². The second kappa shape index (κ2) is 10.3. The fourth-order valence-corrected chi connectivity index (χ4v) is 4.81. The van der Waals surface area contributed by atoms with E-state index in [0.717, 1.165) is 51.0 Å². The summed E-state index contributed by atoms with van der Waals surface area (Å²) in [4.78, 5) is 47.4. The highest BCUT2D eigenvalue weighted by Crippen LogP contribution is 2.27. The molecule has 3 heterocycles. The molecule has 1 saturated carbocycles. The third-order valence-corrected chi connectivity index (χ3v) is 7.18. The van der Waals surface area contributed by atoms with Crippen molar-refractivity contribution in [3.63, 3.8) is 0 Å². The number of benzene rings is 1. The molecule has 10 heteroatoms. The number of carbonyl (C=O) groups excluding carboxylic acids is 1. The molecule has 1 saturated heterocycles. The zero-order valence-corrected chi connectivity index (χ0v) is 21.1. The van der Waals surface area contributed by atoms with Crippen molar-refractivity contribution in [3.8, 4) is 0 Å². The highest BCUT2D eigenvalue weighted by Gasteiger charge is 2.29. The fraction of sp³-hybridized carbons (Fsp3) is 0.538. The Hall–Kier alpha value is -3.40. The summed E-state index contributed by atoms with van der Waals surface area (Å²) in [5.74, 6) is 0.463. The van der Waals surface area contributed by atoms with E-state index in [1.807, 2.05) is 34.9 Å². The topological polar surface area (TPSA) is 106 Å². The smallest absolute Gasteiger partial charge is 0.333 e. The first-order chi connectivity index (χ1) is 17.5. The summed E-state index contributed by atoms with van der Waals surface area (Å²) >= 11 is 0. The molecule has 10 nitrogen and oxygen atoms in total. The van der Waals surface area contributed by atoms with Crippen LogP contribution in [-0.4, -0.2) is 56.8 Å². The second-order valence-corrected chi connectivity index (χ2v) is 9.85. The highest BCUT2D eigenvalue weighted by atomic mass is 16.2. The zero-order valence-electron chi connectivity index (χ0n) is 21.1. The van der Waals surface area contributed by atoms with E-state index in [0.29, 0.717) is 23.5 Å². The third-order valence-electron chi connectivity index (χ3n) is 7.18. The van der Waals surface area contributed by atoms with Gasteiger partial charge in [0, 0.05) is 44.8 Å². The second-order valence-electron chi connectivity index (χ2n) is 9.85. The van der Waals surface area contributed by atoms with Gasteiger partial charge in [0.25, 0.3) is 5.56 Å². The van der Waals surface area contributed by atoms with Crippen molar-refractivity contribution in [2.24, 2.45) is 0 Å². The molecule has 36 heavy (non-hydrogen) atoms. The van der Waals surface area contributed by atoms with Crippen LogP contribution < -0.4 is 26.8 Å². The van der Waals surface area contributed by atoms with Gasteiger partial charge in [-0.1, -0.05) is 37.3 Å². The van der Waals surface area contributed by atoms with Gasteiger partial charge in [-0.25, -0.2) is 4.79 Å². The number of amides is 1. The molecule has 192 valence electrons. The maximum absolute atomic E-state index is 13.9. The predicted molar refractivity (Wildman–Crippen MR) is 140 cm³/mol. The molecule has 2 N–H and O–H groups in total. The number of hydrogen-bond acceptors (Lipinski definition) is 6. The van der Waals surface area contributed by atoms with Gasteiger partial charge in [0.2, 0.25) is 11.9 Å². The lowest BCUT2D eigenvalue weighted by atomic mass is 10.1. The molecule has 0 bridgehead atoms. The molecule has 2 fully saturated rings. The lowest BCUT2D eigenvalue weighted by Gasteiger charge is -2.30. The minimum atomic E-state index is -0.491. The molecule has 2 aliphatic rings. The first-order valence-electron chi connectivity index (χ1n) is 13.0. The van der Waals surface area contributed by atoms with Crippen LogP contribution in [0.3, 0.4) is 0 Å². The van der Waals surface area contributed by atoms with Gasteiger partial charge in [-0.15, -0.1) is 0 Å². The van der Waals surface area contributed by atoms with Crippen LogP contribution in [0.4, 0.5) is 5.95 Å². The lowest BCUT2D eigenvalue weighted by molar-refractivity contribution is -0.121. The average Bonchev–Trinajstić information content (AvgIpc) is 3.62. The summed E-state index contributed by atoms with van der Waals surface area (Å²) < 4.78 is 4.66. The van der Waals surface area contributed by atoms with Crippen molar-refractivity contribution in [2.45, 2.75) is 64.7 Å². The minimum Gasteiger partial charge on any atom is -0.352 e. The molecule has 1 aliphatic heterocycles. The number of hydrogen-bond donors (Lipinski definition) is 2. The molecule has 2 aromatic heterocycles. The summed E-state index contributed by atoms with van der Waals surface area (Å²) in [5.41, 5.74) is 0.887. The van der Waals surface area contributed by atoms with Crippen molar-refractivity contribution >= 4 is 23.0 Å². The number of nitrogens with one attached hydrogen (secondary N) is 2. The summed E-state index contributed by atoms with van der Waals surface area (Å²) in [6, 6.07) is 9.98. The molecule has 3 aromatic rings. The van der Waals surface area contributed by atoms with Gasteiger partial charge in [0.05, 0.1) is 0 Å². The maximum Gasteiger partial charge on any atom is 0.333 e. The Morgan fingerprint density at radius 2 is 1.86 bits per heavy atom. The van der Waals surface area contributed by atoms with Gasteiger partial charge < -0.3 is 20.1 Å². The van der Waals surface area contributed by atoms with Crippen LogP contribution in [0.1, 0.15) is 44.7 Å². The number of piperazine rings is 1. The highest BCUT2D eigenvalue weighted by molar-refractivity contribution is 5.80. The summed E-state index contributed by atoms with van der Waals surface area (Å²) in [6.45, 7) is 7.37. The Morgan fingerprint density at radius 1 is 1.14 bits per heavy atom. The Bertz CT molecular complexity index is 1350. The van der Waals surface area contributed by atoms with Gasteiger partial charge in [0.15, 0.2) is 11.2 Å². The molecular formula is C26H35N7O3. The van der Waals surface area contributed by atoms with E-state index in [4.69, 9.17) is 4.98 Å². The number of rotatable bonds is 9. The van der Waals surface area contributed by atoms with Crippen LogP contribution in [-0.2, 0) is 24.3 Å². The first kappa shape index (κ1) is 24.3. The predicted octanol–water partition coefficient (Wildman–Crippen LogP) is 1.26. The number of anilines is 1. The molecule has 5 rings (SSSR count). The third kappa shape index (κ3) is 4.82. The Labute approximate surface area is 209 Å². The molecule has 0 spiro atoms. The largest absolute Gasteiger partial charge is 0.352 e. The Kier molecular flexibility index (Phi) is 6.95. The Morgan fingerprint density at radius 3 is 2.53 bits per heavy atom. The SMILES string of the molecule is CCC(C)n1c(N2CCNCC2)nc2c1c(=O)n(CCc1ccccc1)c(=O)n2CC(=O)NC1CC1. The first-order valence-corrected chi connectivity index (χ1v) is 13.0. The number of aryl methyl sites for hydroxylation is 1. The van der Waals surface area contributed by atoms with Crippen molar-refractivity contribution < 1.29 is 4.79 Å². The van der Waals surface area contributed by atoms with Gasteiger partial charge in [-0.2, -0.15) is 4.98 Å². The van der Waals surface area contributed by atoms with E-state index in [9.17, 15) is 14.4 Å². The van der Waals surface area contributed by atoms with E-state index in [-0.39, 0.29) is 36.6 Å². The van der Waals surface area contributed by atoms with Crippen LogP contribution in [0.15, 0.2) is 39.9 Å². The van der Waals surface area contributed by atoms with Crippen molar-refractivity contribution in [2.75, 3.05) is 31.1 Å². The van der Waals surface area contributed by atoms with E-state index in [1.54, 1.807) is 0 Å². The van der Waals surface area contributed by atoms with Crippen molar-refractivity contribution in [1.82, 2.24) is 29.3 Å². The number of aromatic nitrogens is 4. The number of carbonyl (C=O) groups is 1. The van der Waals surface area contributed by atoms with Crippen LogP contribution in [0, 0.1) is 0 Å². The minimum absolute atomic E-state index is 0.00130. The molecule has 1 unspecified atom stereocenters. The standard InChI is InChI=1S/C26H35N7O3/c1-3-18(2)33-22-23(29-25(33)30-15-12-27-13-16-30)32(17-21(34)28-20-9-10-20)26(36)31(24(22)35)14-11-19-7-5-4-6-8-19/h4-8,18,20,27H,3,9-17H2,1-2H3,(H,28,34). The zero-order chi connectivity index (χ0) is 25.2. The number of imidazole rings is 1. The number of nitrogens with zero attached hydrogens (tertiary/aromatic N) is 5. The molecule has 1 aliphatic carbocycles. The van der Waals surface area contributed by atoms with Gasteiger partial charge in [-0.05, 0) is 38.2 Å². The van der Waals surface area contributed by atoms with Gasteiger partial charge in [0.1, 0.15) is 6.54 Å². The Balaban J connectivity index is 1.67. The van der Waals surface area contributed by atoms with E-state index in [2.05, 4.69) is 29.4 Å². The number of fused-ring (bicyclic) bond motifs is 1. The maximum atomic E-state index is 13.9. The monoisotopic (exact) mass is 493 g/mol. The quantitative estimate of drug-likeness (QED) is 0.465. The van der Waals surface area contributed by atoms with Crippen LogP contribution in [0.25, 0.3) is 11.2 Å². The molecular weight excluding hydrogens is 458 g/mol. The van der Waals surface area contributed by atoms with Gasteiger partial charge >= 0.3 is 5.69 Å². The average molecular weight is 494 g/mol. The van der Waals surface area contributed by atoms with E-state index in [1.165, 1.54) is 9.13 Å². The van der Waals surface area contributed by atoms with E-state index >= 15 is 0 Å². The molecule has 0 radical (unpaired) electrons. The van der Waals surface area contributed by atoms with E-state index < -0.39 is 5.69 Å². The fourth-order valence-electron chi connectivity index (χ4n) is 4.81. The van der Waals surface area contributed by atoms with Crippen LogP contribution in [0.2, 0.25) is 0 Å². The van der Waals surface area contributed by atoms with Crippen molar-refractivity contribution in [3.05, 3.63) is 56.7 Å². The molecule has 1 atom stereocenters. The van der Waals surface area contributed by atoms with Crippen LogP contribution in [0.5, 0.6) is 0 Å². The summed E-state index contributed by atoms with van der Waals surface area (Å²) in [6.07, 6.45) is 3.26. The molecule has 1 amide bonds.